The van der Waals surface area contributed by atoms with E-state index in [1.807, 2.05) is 6.92 Å². The molecule has 0 aromatic carbocycles. The number of hydrogen-bond acceptors (Lipinski definition) is 4. The summed E-state index contributed by atoms with van der Waals surface area (Å²) in [4.78, 5) is 0. The van der Waals surface area contributed by atoms with Crippen molar-refractivity contribution in [2.75, 3.05) is 5.43 Å². The van der Waals surface area contributed by atoms with Gasteiger partial charge in [0.25, 0.3) is 0 Å². The zero-order valence-corrected chi connectivity index (χ0v) is 5.22. The van der Waals surface area contributed by atoms with Crippen molar-refractivity contribution in [1.29, 1.82) is 0 Å². The monoisotopic (exact) mass is 127 g/mol. The maximum atomic E-state index is 5.10. The van der Waals surface area contributed by atoms with Crippen molar-refractivity contribution in [2.45, 2.75) is 13.3 Å². The average molecular weight is 127 g/mol. The van der Waals surface area contributed by atoms with Gasteiger partial charge in [0.1, 0.15) is 6.26 Å². The van der Waals surface area contributed by atoms with E-state index in [4.69, 9.17) is 5.84 Å². The summed E-state index contributed by atoms with van der Waals surface area (Å²) < 4.78 is 4.63. The highest BCUT2D eigenvalue weighted by Gasteiger charge is 2.00. The van der Waals surface area contributed by atoms with Crippen LogP contribution in [0.25, 0.3) is 0 Å². The van der Waals surface area contributed by atoms with Gasteiger partial charge < -0.3 is 9.95 Å². The quantitative estimate of drug-likeness (QED) is 0.449. The van der Waals surface area contributed by atoms with Crippen molar-refractivity contribution < 1.29 is 4.52 Å². The normalized spacial score (nSPS) is 9.56. The SMILES string of the molecule is CCc1conc1NN. The summed E-state index contributed by atoms with van der Waals surface area (Å²) in [5.74, 6) is 5.72. The molecule has 0 aliphatic heterocycles. The number of aryl methyl sites for hydroxylation is 1. The Morgan fingerprint density at radius 2 is 2.67 bits per heavy atom. The van der Waals surface area contributed by atoms with E-state index in [9.17, 15) is 0 Å². The number of rotatable bonds is 2. The van der Waals surface area contributed by atoms with Crippen LogP contribution in [0, 0.1) is 0 Å². The molecule has 0 saturated heterocycles. The lowest BCUT2D eigenvalue weighted by molar-refractivity contribution is 0.421. The average Bonchev–Trinajstić information content (AvgIpc) is 2.33. The first-order valence-corrected chi connectivity index (χ1v) is 2.78. The van der Waals surface area contributed by atoms with Crippen LogP contribution in [0.4, 0.5) is 5.82 Å². The molecule has 0 saturated carbocycles. The second kappa shape index (κ2) is 2.50. The van der Waals surface area contributed by atoms with Crippen molar-refractivity contribution in [3.63, 3.8) is 0 Å². The van der Waals surface area contributed by atoms with Crippen molar-refractivity contribution in [3.05, 3.63) is 11.8 Å². The number of hydrazine groups is 1. The van der Waals surface area contributed by atoms with Crippen molar-refractivity contribution in [2.24, 2.45) is 5.84 Å². The molecular weight excluding hydrogens is 118 g/mol. The van der Waals surface area contributed by atoms with E-state index in [0.717, 1.165) is 12.0 Å². The lowest BCUT2D eigenvalue weighted by Gasteiger charge is -1.92. The standard InChI is InChI=1S/C5H9N3O/c1-2-4-3-9-8-5(4)7-6/h3H,2,6H2,1H3,(H,7,8). The molecule has 0 aliphatic rings. The molecule has 0 aliphatic carbocycles. The maximum absolute atomic E-state index is 5.10. The van der Waals surface area contributed by atoms with E-state index in [1.54, 1.807) is 6.26 Å². The van der Waals surface area contributed by atoms with Gasteiger partial charge in [0.05, 0.1) is 0 Å². The van der Waals surface area contributed by atoms with Gasteiger partial charge in [-0.25, -0.2) is 5.84 Å². The van der Waals surface area contributed by atoms with Gasteiger partial charge in [0, 0.05) is 5.56 Å². The van der Waals surface area contributed by atoms with Crippen LogP contribution in [0.15, 0.2) is 10.8 Å². The predicted molar refractivity (Wildman–Crippen MR) is 33.7 cm³/mol. The van der Waals surface area contributed by atoms with Crippen LogP contribution in [0.3, 0.4) is 0 Å². The van der Waals surface area contributed by atoms with Crippen LogP contribution in [0.5, 0.6) is 0 Å². The number of anilines is 1. The molecular formula is C5H9N3O. The van der Waals surface area contributed by atoms with E-state index in [1.165, 1.54) is 0 Å². The Kier molecular flexibility index (Phi) is 1.69. The van der Waals surface area contributed by atoms with Gasteiger partial charge in [-0.05, 0) is 6.42 Å². The second-order valence-electron chi connectivity index (χ2n) is 1.69. The Balaban J connectivity index is 2.85. The third-order valence-electron chi connectivity index (χ3n) is 1.16. The van der Waals surface area contributed by atoms with Gasteiger partial charge in [-0.1, -0.05) is 12.1 Å². The van der Waals surface area contributed by atoms with Gasteiger partial charge in [-0.2, -0.15) is 0 Å². The molecule has 1 rings (SSSR count). The van der Waals surface area contributed by atoms with Crippen LogP contribution in [-0.4, -0.2) is 5.16 Å². The van der Waals surface area contributed by atoms with Gasteiger partial charge in [-0.15, -0.1) is 0 Å². The first-order chi connectivity index (χ1) is 4.38. The molecule has 0 radical (unpaired) electrons. The van der Waals surface area contributed by atoms with Crippen LogP contribution in [0.1, 0.15) is 12.5 Å². The summed E-state index contributed by atoms with van der Waals surface area (Å²) in [5, 5.41) is 3.59. The van der Waals surface area contributed by atoms with Crippen LogP contribution < -0.4 is 11.3 Å². The summed E-state index contributed by atoms with van der Waals surface area (Å²) in [6.07, 6.45) is 2.46. The minimum atomic E-state index is 0.623. The Hall–Kier alpha value is -1.03. The second-order valence-corrected chi connectivity index (χ2v) is 1.69. The molecule has 0 unspecified atom stereocenters. The molecule has 0 bridgehead atoms. The Labute approximate surface area is 53.0 Å². The molecule has 1 heterocycles. The van der Waals surface area contributed by atoms with Gasteiger partial charge in [-0.3, -0.25) is 0 Å². The lowest BCUT2D eigenvalue weighted by atomic mass is 10.3. The molecule has 0 atom stereocenters. The number of nitrogens with two attached hydrogens (primary N) is 1. The number of aromatic nitrogens is 1. The van der Waals surface area contributed by atoms with Gasteiger partial charge >= 0.3 is 0 Å². The third kappa shape index (κ3) is 1.02. The number of nitrogens with one attached hydrogen (secondary N) is 1. The molecule has 4 heteroatoms. The van der Waals surface area contributed by atoms with Crippen molar-refractivity contribution in [3.8, 4) is 0 Å². The molecule has 0 fully saturated rings. The minimum Gasteiger partial charge on any atom is -0.362 e. The molecule has 1 aromatic heterocycles. The highest BCUT2D eigenvalue weighted by molar-refractivity contribution is 5.39. The number of hydrogen-bond donors (Lipinski definition) is 2. The molecule has 3 N–H and O–H groups in total. The molecule has 0 amide bonds. The van der Waals surface area contributed by atoms with Crippen LogP contribution in [-0.2, 0) is 6.42 Å². The molecule has 4 nitrogen and oxygen atoms in total. The topological polar surface area (TPSA) is 64.1 Å². The summed E-state index contributed by atoms with van der Waals surface area (Å²) in [6.45, 7) is 2.01. The number of nitrogen functional groups attached to an aromatic ring is 1. The molecule has 0 spiro atoms. The largest absolute Gasteiger partial charge is 0.362 e. The Morgan fingerprint density at radius 3 is 3.11 bits per heavy atom. The summed E-state index contributed by atoms with van der Waals surface area (Å²) in [6, 6.07) is 0. The first kappa shape index (κ1) is 6.10. The van der Waals surface area contributed by atoms with E-state index in [0.29, 0.717) is 5.82 Å². The van der Waals surface area contributed by atoms with E-state index in [2.05, 4.69) is 15.1 Å². The summed E-state index contributed by atoms with van der Waals surface area (Å²) in [5.41, 5.74) is 3.42. The predicted octanol–water partition coefficient (Wildman–Crippen LogP) is 0.523. The minimum absolute atomic E-state index is 0.623. The molecule has 9 heavy (non-hydrogen) atoms. The smallest absolute Gasteiger partial charge is 0.186 e. The van der Waals surface area contributed by atoms with Crippen molar-refractivity contribution in [1.82, 2.24) is 5.16 Å². The highest BCUT2D eigenvalue weighted by Crippen LogP contribution is 2.10. The summed E-state index contributed by atoms with van der Waals surface area (Å²) in [7, 11) is 0. The fraction of sp³-hybridized carbons (Fsp3) is 0.400. The van der Waals surface area contributed by atoms with Gasteiger partial charge in [0.2, 0.25) is 0 Å². The van der Waals surface area contributed by atoms with E-state index >= 15 is 0 Å². The molecule has 50 valence electrons. The fourth-order valence-corrected chi connectivity index (χ4v) is 0.627. The van der Waals surface area contributed by atoms with E-state index < -0.39 is 0 Å². The van der Waals surface area contributed by atoms with Crippen LogP contribution in [0.2, 0.25) is 0 Å². The lowest BCUT2D eigenvalue weighted by Crippen LogP contribution is -2.08. The Morgan fingerprint density at radius 1 is 1.89 bits per heavy atom. The van der Waals surface area contributed by atoms with E-state index in [-0.39, 0.29) is 0 Å². The first-order valence-electron chi connectivity index (χ1n) is 2.78. The maximum Gasteiger partial charge on any atom is 0.186 e. The van der Waals surface area contributed by atoms with Crippen molar-refractivity contribution >= 4 is 5.82 Å². The van der Waals surface area contributed by atoms with Gasteiger partial charge in [0.15, 0.2) is 5.82 Å². The van der Waals surface area contributed by atoms with Crippen LogP contribution >= 0.6 is 0 Å². The third-order valence-corrected chi connectivity index (χ3v) is 1.16. The fourth-order valence-electron chi connectivity index (χ4n) is 0.627. The molecule has 1 aromatic rings. The highest BCUT2D eigenvalue weighted by atomic mass is 16.5. The zero-order valence-electron chi connectivity index (χ0n) is 5.22. The number of nitrogens with zero attached hydrogens (tertiary/aromatic N) is 1. The Bertz CT molecular complexity index is 166. The zero-order chi connectivity index (χ0) is 6.69. The summed E-state index contributed by atoms with van der Waals surface area (Å²) >= 11 is 0.